The van der Waals surface area contributed by atoms with Crippen LogP contribution in [0.5, 0.6) is 0 Å². The van der Waals surface area contributed by atoms with Gasteiger partial charge in [0.05, 0.1) is 11.0 Å². The van der Waals surface area contributed by atoms with Gasteiger partial charge in [-0.1, -0.05) is 13.8 Å². The maximum atomic E-state index is 11.9. The van der Waals surface area contributed by atoms with Crippen molar-refractivity contribution in [2.24, 2.45) is 5.92 Å². The predicted molar refractivity (Wildman–Crippen MR) is 70.8 cm³/mol. The monoisotopic (exact) mass is 259 g/mol. The Morgan fingerprint density at radius 3 is 2.12 bits per heavy atom. The fourth-order valence-electron chi connectivity index (χ4n) is 2.86. The zero-order valence-electron chi connectivity index (χ0n) is 11.0. The summed E-state index contributed by atoms with van der Waals surface area (Å²) in [5.41, 5.74) is 0. The molecule has 0 amide bonds. The van der Waals surface area contributed by atoms with E-state index in [-0.39, 0.29) is 5.25 Å². The summed E-state index contributed by atoms with van der Waals surface area (Å²) < 4.78 is 23.8. The third-order valence-electron chi connectivity index (χ3n) is 3.92. The number of sulfone groups is 1. The van der Waals surface area contributed by atoms with Crippen LogP contribution in [0.4, 0.5) is 0 Å². The Labute approximate surface area is 105 Å². The normalized spacial score (nSPS) is 30.8. The van der Waals surface area contributed by atoms with Gasteiger partial charge in [-0.05, 0) is 44.4 Å². The Kier molecular flexibility index (Phi) is 4.14. The van der Waals surface area contributed by atoms with Crippen molar-refractivity contribution in [3.05, 3.63) is 0 Å². The number of rotatable bonds is 5. The van der Waals surface area contributed by atoms with Crippen molar-refractivity contribution < 1.29 is 8.42 Å². The van der Waals surface area contributed by atoms with Crippen LogP contribution < -0.4 is 5.32 Å². The van der Waals surface area contributed by atoms with E-state index in [4.69, 9.17) is 0 Å². The Balaban J connectivity index is 1.75. The molecule has 0 aliphatic heterocycles. The van der Waals surface area contributed by atoms with E-state index in [2.05, 4.69) is 19.2 Å². The summed E-state index contributed by atoms with van der Waals surface area (Å²) in [5, 5.41) is 3.57. The van der Waals surface area contributed by atoms with Crippen molar-refractivity contribution in [2.75, 3.05) is 5.75 Å². The van der Waals surface area contributed by atoms with Crippen molar-refractivity contribution in [3.63, 3.8) is 0 Å². The summed E-state index contributed by atoms with van der Waals surface area (Å²) in [6.45, 7) is 4.34. The highest BCUT2D eigenvalue weighted by atomic mass is 32.2. The fourth-order valence-corrected chi connectivity index (χ4v) is 4.98. The van der Waals surface area contributed by atoms with Gasteiger partial charge in [0.25, 0.3) is 0 Å². The SMILES string of the molecule is CC(C)NC1CCC(CS(=O)(=O)C2CC2)CC1. The van der Waals surface area contributed by atoms with Gasteiger partial charge in [-0.2, -0.15) is 0 Å². The van der Waals surface area contributed by atoms with E-state index in [1.54, 1.807) is 0 Å². The van der Waals surface area contributed by atoms with Gasteiger partial charge in [0.15, 0.2) is 9.84 Å². The van der Waals surface area contributed by atoms with E-state index in [0.717, 1.165) is 38.5 Å². The van der Waals surface area contributed by atoms with Gasteiger partial charge < -0.3 is 5.32 Å². The lowest BCUT2D eigenvalue weighted by Gasteiger charge is -2.30. The second-order valence-corrected chi connectivity index (χ2v) is 8.39. The lowest BCUT2D eigenvalue weighted by atomic mass is 9.87. The van der Waals surface area contributed by atoms with Gasteiger partial charge in [0.2, 0.25) is 0 Å². The largest absolute Gasteiger partial charge is 0.312 e. The highest BCUT2D eigenvalue weighted by Crippen LogP contribution is 2.33. The lowest BCUT2D eigenvalue weighted by molar-refractivity contribution is 0.296. The van der Waals surface area contributed by atoms with Crippen LogP contribution in [-0.4, -0.2) is 31.5 Å². The summed E-state index contributed by atoms with van der Waals surface area (Å²) in [6.07, 6.45) is 6.26. The molecule has 100 valence electrons. The molecule has 0 aromatic heterocycles. The zero-order chi connectivity index (χ0) is 12.5. The first kappa shape index (κ1) is 13.3. The molecule has 0 aromatic rings. The molecule has 2 aliphatic rings. The van der Waals surface area contributed by atoms with Crippen LogP contribution in [0.25, 0.3) is 0 Å². The second kappa shape index (κ2) is 5.27. The maximum Gasteiger partial charge on any atom is 0.153 e. The third kappa shape index (κ3) is 3.95. The molecule has 0 spiro atoms. The van der Waals surface area contributed by atoms with Crippen molar-refractivity contribution in [2.45, 2.75) is 69.7 Å². The second-order valence-electron chi connectivity index (χ2n) is 6.07. The van der Waals surface area contributed by atoms with Gasteiger partial charge in [-0.25, -0.2) is 8.42 Å². The van der Waals surface area contributed by atoms with Crippen LogP contribution in [0.2, 0.25) is 0 Å². The van der Waals surface area contributed by atoms with E-state index in [9.17, 15) is 8.42 Å². The Morgan fingerprint density at radius 2 is 1.65 bits per heavy atom. The molecule has 0 heterocycles. The molecule has 2 saturated carbocycles. The van der Waals surface area contributed by atoms with Gasteiger partial charge in [0, 0.05) is 12.1 Å². The average Bonchev–Trinajstić information content (AvgIpc) is 3.03. The van der Waals surface area contributed by atoms with E-state index >= 15 is 0 Å². The minimum absolute atomic E-state index is 0.0222. The summed E-state index contributed by atoms with van der Waals surface area (Å²) in [6, 6.07) is 1.14. The molecule has 2 aliphatic carbocycles. The third-order valence-corrected chi connectivity index (χ3v) is 6.34. The number of hydrogen-bond donors (Lipinski definition) is 1. The molecule has 0 saturated heterocycles. The molecule has 1 N–H and O–H groups in total. The molecular formula is C13H25NO2S. The lowest BCUT2D eigenvalue weighted by Crippen LogP contribution is -2.38. The Morgan fingerprint density at radius 1 is 1.06 bits per heavy atom. The number of hydrogen-bond acceptors (Lipinski definition) is 3. The van der Waals surface area contributed by atoms with Crippen molar-refractivity contribution in [3.8, 4) is 0 Å². The summed E-state index contributed by atoms with van der Waals surface area (Å²) in [7, 11) is -2.75. The summed E-state index contributed by atoms with van der Waals surface area (Å²) in [5.74, 6) is 0.873. The Bertz CT molecular complexity index is 338. The van der Waals surface area contributed by atoms with Gasteiger partial charge in [0.1, 0.15) is 0 Å². The molecule has 2 rings (SSSR count). The minimum Gasteiger partial charge on any atom is -0.312 e. The van der Waals surface area contributed by atoms with E-state index in [1.165, 1.54) is 0 Å². The van der Waals surface area contributed by atoms with Crippen LogP contribution >= 0.6 is 0 Å². The molecule has 4 heteroatoms. The number of nitrogens with one attached hydrogen (secondary N) is 1. The molecule has 0 radical (unpaired) electrons. The highest BCUT2D eigenvalue weighted by Gasteiger charge is 2.37. The maximum absolute atomic E-state index is 11.9. The van der Waals surface area contributed by atoms with Gasteiger partial charge in [-0.3, -0.25) is 0 Å². The van der Waals surface area contributed by atoms with Gasteiger partial charge >= 0.3 is 0 Å². The Hall–Kier alpha value is -0.0900. The van der Waals surface area contributed by atoms with Gasteiger partial charge in [-0.15, -0.1) is 0 Å². The first-order valence-corrected chi connectivity index (χ1v) is 8.66. The van der Waals surface area contributed by atoms with E-state index in [1.807, 2.05) is 0 Å². The molecule has 17 heavy (non-hydrogen) atoms. The smallest absolute Gasteiger partial charge is 0.153 e. The van der Waals surface area contributed by atoms with Crippen molar-refractivity contribution >= 4 is 9.84 Å². The minimum atomic E-state index is -2.75. The van der Waals surface area contributed by atoms with Crippen LogP contribution in [0, 0.1) is 5.92 Å². The van der Waals surface area contributed by atoms with Crippen molar-refractivity contribution in [1.29, 1.82) is 0 Å². The van der Waals surface area contributed by atoms with Crippen LogP contribution in [0.3, 0.4) is 0 Å². The summed E-state index contributed by atoms with van der Waals surface area (Å²) >= 11 is 0. The standard InChI is InChI=1S/C13H25NO2S/c1-10(2)14-12-5-3-11(4-6-12)9-17(15,16)13-7-8-13/h10-14H,3-9H2,1-2H3. The zero-order valence-corrected chi connectivity index (χ0v) is 11.8. The molecule has 0 aromatic carbocycles. The van der Waals surface area contributed by atoms with Crippen LogP contribution in [0.1, 0.15) is 52.4 Å². The first-order chi connectivity index (χ1) is 7.97. The van der Waals surface area contributed by atoms with E-state index in [0.29, 0.717) is 23.8 Å². The van der Waals surface area contributed by atoms with Crippen LogP contribution in [0.15, 0.2) is 0 Å². The highest BCUT2D eigenvalue weighted by molar-refractivity contribution is 7.92. The average molecular weight is 259 g/mol. The summed E-state index contributed by atoms with van der Waals surface area (Å²) in [4.78, 5) is 0. The molecule has 0 atom stereocenters. The van der Waals surface area contributed by atoms with E-state index < -0.39 is 9.84 Å². The quantitative estimate of drug-likeness (QED) is 0.822. The molecular weight excluding hydrogens is 234 g/mol. The molecule has 0 unspecified atom stereocenters. The van der Waals surface area contributed by atoms with Crippen LogP contribution in [-0.2, 0) is 9.84 Å². The molecule has 0 bridgehead atoms. The molecule has 3 nitrogen and oxygen atoms in total. The van der Waals surface area contributed by atoms with Crippen molar-refractivity contribution in [1.82, 2.24) is 5.32 Å². The first-order valence-electron chi connectivity index (χ1n) is 6.95. The topological polar surface area (TPSA) is 46.2 Å². The fraction of sp³-hybridized carbons (Fsp3) is 1.00. The molecule has 2 fully saturated rings. The predicted octanol–water partition coefficient (Wildman–Crippen LogP) is 2.12.